The first-order valence-electron chi connectivity index (χ1n) is 17.8. The normalized spacial score (nSPS) is 31.2. The van der Waals surface area contributed by atoms with E-state index in [9.17, 15) is 20.0 Å². The number of hydrogen-bond acceptors (Lipinski definition) is 7. The molecule has 8 nitrogen and oxygen atoms in total. The molecule has 0 spiro atoms. The molecule has 2 aromatic carbocycles. The molecule has 3 saturated carbocycles. The Morgan fingerprint density at radius 2 is 1.78 bits per heavy atom. The van der Waals surface area contributed by atoms with Crippen LogP contribution in [0.25, 0.3) is 11.1 Å². The molecule has 2 N–H and O–H groups in total. The van der Waals surface area contributed by atoms with Crippen molar-refractivity contribution in [1.82, 2.24) is 5.32 Å². The highest BCUT2D eigenvalue weighted by atomic mass is 16.6. The maximum Gasteiger partial charge on any atom is 0.408 e. The highest BCUT2D eigenvalue weighted by Crippen LogP contribution is 2.68. The van der Waals surface area contributed by atoms with Gasteiger partial charge in [0.25, 0.3) is 0 Å². The number of amides is 1. The lowest BCUT2D eigenvalue weighted by molar-refractivity contribution is -0.144. The minimum absolute atomic E-state index is 0.00471. The molecule has 6 rings (SSSR count). The number of allylic oxidation sites excluding steroid dienone is 1. The fourth-order valence-corrected chi connectivity index (χ4v) is 9.41. The number of esters is 1. The number of hydrogen-bond donors (Lipinski definition) is 2. The second-order valence-electron chi connectivity index (χ2n) is 15.7. The van der Waals surface area contributed by atoms with Gasteiger partial charge in [0, 0.05) is 5.41 Å². The van der Waals surface area contributed by atoms with E-state index in [1.165, 1.54) is 11.1 Å². The number of fused-ring (bicyclic) bond motifs is 5. The Bertz CT molecular complexity index is 1630. The van der Waals surface area contributed by atoms with E-state index in [-0.39, 0.29) is 17.9 Å². The van der Waals surface area contributed by atoms with Crippen LogP contribution >= 0.6 is 0 Å². The van der Waals surface area contributed by atoms with E-state index in [0.29, 0.717) is 35.7 Å². The smallest absolute Gasteiger partial charge is 0.408 e. The minimum Gasteiger partial charge on any atom is -0.501 e. The van der Waals surface area contributed by atoms with Crippen LogP contribution < -0.4 is 5.32 Å². The third kappa shape index (κ3) is 7.01. The summed E-state index contributed by atoms with van der Waals surface area (Å²) >= 11 is 0. The predicted molar refractivity (Wildman–Crippen MR) is 187 cm³/mol. The molecular formula is C41H50N2O6. The maximum atomic E-state index is 12.6. The van der Waals surface area contributed by atoms with E-state index in [1.54, 1.807) is 33.8 Å². The van der Waals surface area contributed by atoms with Gasteiger partial charge < -0.3 is 24.6 Å². The number of carbonyl (C=O) groups excluding carboxylic acids is 2. The third-order valence-corrected chi connectivity index (χ3v) is 11.7. The summed E-state index contributed by atoms with van der Waals surface area (Å²) in [5, 5.41) is 24.2. The lowest BCUT2D eigenvalue weighted by Gasteiger charge is -2.58. The molecule has 260 valence electrons. The second-order valence-corrected chi connectivity index (χ2v) is 15.7. The average molecular weight is 667 g/mol. The summed E-state index contributed by atoms with van der Waals surface area (Å²) in [7, 11) is 0. The molecule has 0 aromatic heterocycles. The van der Waals surface area contributed by atoms with Crippen molar-refractivity contribution in [3.05, 3.63) is 83.6 Å². The number of nitrogens with zero attached hydrogens (tertiary/aromatic N) is 1. The van der Waals surface area contributed by atoms with Crippen LogP contribution in [-0.2, 0) is 19.0 Å². The molecule has 4 unspecified atom stereocenters. The van der Waals surface area contributed by atoms with E-state index in [4.69, 9.17) is 14.2 Å². The predicted octanol–water partition coefficient (Wildman–Crippen LogP) is 7.82. The first-order chi connectivity index (χ1) is 23.3. The van der Waals surface area contributed by atoms with Crippen LogP contribution in [0, 0.1) is 40.4 Å². The molecule has 8 heteroatoms. The molecular weight excluding hydrogens is 616 g/mol. The van der Waals surface area contributed by atoms with Gasteiger partial charge in [-0.1, -0.05) is 49.4 Å². The Balaban J connectivity index is 1.21. The van der Waals surface area contributed by atoms with Crippen LogP contribution in [0.3, 0.4) is 0 Å². The summed E-state index contributed by atoms with van der Waals surface area (Å²) in [4.78, 5) is 24.7. The zero-order valence-electron chi connectivity index (χ0n) is 29.4. The zero-order chi connectivity index (χ0) is 35.0. The Morgan fingerprint density at radius 1 is 1.08 bits per heavy atom. The number of alkyl carbamates (subject to hydrolysis) is 1. The Hall–Kier alpha value is -4.09. The van der Waals surface area contributed by atoms with Gasteiger partial charge in [-0.15, -0.1) is 0 Å². The number of carbonyl (C=O) groups is 2. The van der Waals surface area contributed by atoms with E-state index in [0.717, 1.165) is 49.8 Å². The second kappa shape index (κ2) is 13.7. The van der Waals surface area contributed by atoms with Gasteiger partial charge in [-0.05, 0) is 136 Å². The standard InChI is InChI=1S/C41H50N2O6/c1-26(43-38(45)49-39(2,3)4)37(44)48-21-6-19-41(46)20-17-35-33-16-15-31-25-47-22-18-32(31)36(33)34(23-40(35,41)5)30-13-11-29(12-14-30)28-9-7-27(24-42)8-10-28/h6-14,19,25-26,32-36,46H,15-18,20-23H2,1-5H3,(H,43,45)/b19-6-/t26-,32?,33?,34+,35?,36?,40-,41-/m0/s1. The quantitative estimate of drug-likeness (QED) is 0.229. The number of nitrogens with one attached hydrogen (secondary N) is 1. The lowest BCUT2D eigenvalue weighted by atomic mass is 9.47. The number of rotatable bonds is 7. The van der Waals surface area contributed by atoms with Crippen LogP contribution in [0.1, 0.15) is 90.2 Å². The van der Waals surface area contributed by atoms with Gasteiger partial charge in [0.05, 0.1) is 30.1 Å². The van der Waals surface area contributed by atoms with Crippen LogP contribution in [0.5, 0.6) is 0 Å². The van der Waals surface area contributed by atoms with Crippen molar-refractivity contribution in [1.29, 1.82) is 5.26 Å². The molecule has 1 aliphatic heterocycles. The highest BCUT2D eigenvalue weighted by Gasteiger charge is 2.64. The number of aliphatic hydroxyl groups is 1. The molecule has 0 saturated heterocycles. The van der Waals surface area contributed by atoms with Crippen LogP contribution in [-0.4, -0.2) is 47.6 Å². The largest absolute Gasteiger partial charge is 0.501 e. The van der Waals surface area contributed by atoms with E-state index < -0.39 is 29.3 Å². The van der Waals surface area contributed by atoms with Crippen LogP contribution in [0.15, 0.2) is 72.5 Å². The molecule has 0 bridgehead atoms. The van der Waals surface area contributed by atoms with Gasteiger partial charge >= 0.3 is 12.1 Å². The molecule has 4 aliphatic rings. The number of nitriles is 1. The summed E-state index contributed by atoms with van der Waals surface area (Å²) < 4.78 is 16.5. The van der Waals surface area contributed by atoms with Gasteiger partial charge in [-0.25, -0.2) is 9.59 Å². The van der Waals surface area contributed by atoms with Gasteiger partial charge in [0.2, 0.25) is 0 Å². The molecule has 3 fully saturated rings. The zero-order valence-corrected chi connectivity index (χ0v) is 29.4. The monoisotopic (exact) mass is 666 g/mol. The van der Waals surface area contributed by atoms with E-state index in [1.807, 2.05) is 36.6 Å². The van der Waals surface area contributed by atoms with Crippen LogP contribution in [0.2, 0.25) is 0 Å². The van der Waals surface area contributed by atoms with Crippen molar-refractivity contribution >= 4 is 12.1 Å². The molecule has 1 amide bonds. The van der Waals surface area contributed by atoms with Gasteiger partial charge in [-0.2, -0.15) is 5.26 Å². The van der Waals surface area contributed by atoms with Gasteiger partial charge in [-0.3, -0.25) is 0 Å². The summed E-state index contributed by atoms with van der Waals surface area (Å²) in [5.41, 5.74) is 3.53. The number of benzene rings is 2. The number of ether oxygens (including phenoxy) is 3. The topological polar surface area (TPSA) is 118 Å². The third-order valence-electron chi connectivity index (χ3n) is 11.7. The van der Waals surface area contributed by atoms with Gasteiger partial charge in [0.1, 0.15) is 18.2 Å². The Morgan fingerprint density at radius 3 is 2.45 bits per heavy atom. The highest BCUT2D eigenvalue weighted by molar-refractivity contribution is 5.81. The molecule has 8 atom stereocenters. The van der Waals surface area contributed by atoms with Crippen molar-refractivity contribution in [2.24, 2.45) is 29.1 Å². The summed E-state index contributed by atoms with van der Waals surface area (Å²) in [5.74, 6) is 1.54. The fourth-order valence-electron chi connectivity index (χ4n) is 9.41. The molecule has 3 aliphatic carbocycles. The van der Waals surface area contributed by atoms with Crippen molar-refractivity contribution in [3.63, 3.8) is 0 Å². The maximum absolute atomic E-state index is 12.6. The van der Waals surface area contributed by atoms with Gasteiger partial charge in [0.15, 0.2) is 0 Å². The van der Waals surface area contributed by atoms with E-state index in [2.05, 4.69) is 42.6 Å². The Labute approximate surface area is 290 Å². The summed E-state index contributed by atoms with van der Waals surface area (Å²) in [6, 6.07) is 18.0. The van der Waals surface area contributed by atoms with Crippen molar-refractivity contribution in [2.75, 3.05) is 13.2 Å². The average Bonchev–Trinajstić information content (AvgIpc) is 3.35. The Kier molecular flexibility index (Phi) is 9.70. The summed E-state index contributed by atoms with van der Waals surface area (Å²) in [6.07, 6.45) is 10.7. The lowest BCUT2D eigenvalue weighted by Crippen LogP contribution is -2.54. The van der Waals surface area contributed by atoms with Crippen molar-refractivity contribution in [2.45, 2.75) is 96.3 Å². The molecule has 1 heterocycles. The van der Waals surface area contributed by atoms with Crippen molar-refractivity contribution in [3.8, 4) is 17.2 Å². The van der Waals surface area contributed by atoms with Crippen LogP contribution in [0.4, 0.5) is 4.79 Å². The van der Waals surface area contributed by atoms with E-state index >= 15 is 0 Å². The van der Waals surface area contributed by atoms with Crippen molar-refractivity contribution < 1.29 is 28.9 Å². The fraction of sp³-hybridized carbons (Fsp3) is 0.537. The first-order valence-corrected chi connectivity index (χ1v) is 17.8. The molecule has 0 radical (unpaired) electrons. The minimum atomic E-state index is -1.04. The molecule has 2 aromatic rings. The SMILES string of the molecule is C[C@H](NC(=O)OC(C)(C)C)C(=O)OC/C=C\[C@]1(O)CCC2C3CCC4=COCCC4C3[C@@H](c3ccc(-c4ccc(C#N)cc4)cc3)C[C@@]21C. The summed E-state index contributed by atoms with van der Waals surface area (Å²) in [6.45, 7) is 9.87. The molecule has 49 heavy (non-hydrogen) atoms. The first kappa shape index (κ1) is 34.8.